The van der Waals surface area contributed by atoms with Crippen LogP contribution in [0.3, 0.4) is 0 Å². The number of allylic oxidation sites excluding steroid dienone is 1. The first kappa shape index (κ1) is 24.5. The number of hydrogen-bond donors (Lipinski definition) is 2. The highest BCUT2D eigenvalue weighted by Crippen LogP contribution is 2.30. The summed E-state index contributed by atoms with van der Waals surface area (Å²) in [6.07, 6.45) is 2.07. The number of likely N-dealkylation sites (tertiary alicyclic amines) is 1. The normalized spacial score (nSPS) is 15.0. The van der Waals surface area contributed by atoms with Crippen molar-refractivity contribution in [3.05, 3.63) is 65.4 Å². The lowest BCUT2D eigenvalue weighted by atomic mass is 10.1. The Bertz CT molecular complexity index is 1200. The number of amidine groups is 1. The van der Waals surface area contributed by atoms with Crippen LogP contribution < -0.4 is 10.6 Å². The third-order valence-corrected chi connectivity index (χ3v) is 6.78. The Morgan fingerprint density at radius 3 is 2.57 bits per heavy atom. The monoisotopic (exact) mass is 492 g/mol. The molecular weight excluding hydrogens is 464 g/mol. The van der Waals surface area contributed by atoms with Crippen molar-refractivity contribution in [1.82, 2.24) is 10.2 Å². The van der Waals surface area contributed by atoms with Gasteiger partial charge in [-0.2, -0.15) is 0 Å². The summed E-state index contributed by atoms with van der Waals surface area (Å²) in [6.45, 7) is 5.23. The fourth-order valence-corrected chi connectivity index (χ4v) is 4.94. The van der Waals surface area contributed by atoms with Gasteiger partial charge in [-0.05, 0) is 51.0 Å². The van der Waals surface area contributed by atoms with Crippen LogP contribution in [0.5, 0.6) is 0 Å². The van der Waals surface area contributed by atoms with Crippen molar-refractivity contribution in [3.63, 3.8) is 0 Å². The molecule has 1 fully saturated rings. The first-order chi connectivity index (χ1) is 17.0. The Morgan fingerprint density at radius 2 is 1.80 bits per heavy atom. The van der Waals surface area contributed by atoms with Crippen molar-refractivity contribution >= 4 is 46.8 Å². The summed E-state index contributed by atoms with van der Waals surface area (Å²) in [7, 11) is 0. The molecule has 0 bridgehead atoms. The van der Waals surface area contributed by atoms with Crippen LogP contribution in [0.25, 0.3) is 0 Å². The first-order valence-corrected chi connectivity index (χ1v) is 12.6. The van der Waals surface area contributed by atoms with Crippen LogP contribution in [0.2, 0.25) is 0 Å². The van der Waals surface area contributed by atoms with Gasteiger partial charge in [0, 0.05) is 23.7 Å². The van der Waals surface area contributed by atoms with E-state index in [4.69, 9.17) is 4.74 Å². The second-order valence-corrected chi connectivity index (χ2v) is 9.17. The van der Waals surface area contributed by atoms with Crippen LogP contribution in [-0.2, 0) is 14.3 Å². The third-order valence-electron chi connectivity index (χ3n) is 5.72. The topological polar surface area (TPSA) is 100 Å². The van der Waals surface area contributed by atoms with Gasteiger partial charge >= 0.3 is 5.97 Å². The molecule has 4 rings (SSSR count). The highest BCUT2D eigenvalue weighted by Gasteiger charge is 2.27. The van der Waals surface area contributed by atoms with E-state index in [9.17, 15) is 14.4 Å². The van der Waals surface area contributed by atoms with Gasteiger partial charge in [0.05, 0.1) is 29.3 Å². The number of carbonyl (C=O) groups is 3. The summed E-state index contributed by atoms with van der Waals surface area (Å²) in [5.74, 6) is -0.564. The zero-order chi connectivity index (χ0) is 24.8. The van der Waals surface area contributed by atoms with Gasteiger partial charge in [0.25, 0.3) is 5.91 Å². The summed E-state index contributed by atoms with van der Waals surface area (Å²) >= 11 is 1.33. The van der Waals surface area contributed by atoms with Crippen molar-refractivity contribution in [1.29, 1.82) is 0 Å². The Labute approximate surface area is 208 Å². The number of nitrogens with one attached hydrogen (secondary N) is 2. The summed E-state index contributed by atoms with van der Waals surface area (Å²) in [5, 5.41) is 6.01. The van der Waals surface area contributed by atoms with E-state index in [1.165, 1.54) is 11.8 Å². The molecule has 1 saturated heterocycles. The Hall–Kier alpha value is -3.59. The fraction of sp³-hybridized carbons (Fsp3) is 0.308. The third kappa shape index (κ3) is 5.74. The molecule has 8 nitrogen and oxygen atoms in total. The van der Waals surface area contributed by atoms with Gasteiger partial charge in [0.2, 0.25) is 5.91 Å². The molecule has 0 aliphatic carbocycles. The van der Waals surface area contributed by atoms with Gasteiger partial charge in [-0.25, -0.2) is 9.79 Å². The maximum Gasteiger partial charge on any atom is 0.343 e. The number of anilines is 1. The van der Waals surface area contributed by atoms with Gasteiger partial charge in [0.15, 0.2) is 0 Å². The number of thioether (sulfide) groups is 1. The number of esters is 1. The van der Waals surface area contributed by atoms with Crippen LogP contribution in [0.15, 0.2) is 69.7 Å². The van der Waals surface area contributed by atoms with Crippen LogP contribution in [0, 0.1) is 0 Å². The second kappa shape index (κ2) is 11.2. The number of nitrogens with zero attached hydrogens (tertiary/aromatic N) is 2. The number of amides is 2. The molecule has 2 aromatic carbocycles. The van der Waals surface area contributed by atoms with E-state index in [0.717, 1.165) is 25.9 Å². The van der Waals surface area contributed by atoms with E-state index in [-0.39, 0.29) is 29.7 Å². The molecule has 0 saturated carbocycles. The molecule has 2 aromatic rings. The molecule has 2 amide bonds. The van der Waals surface area contributed by atoms with Gasteiger partial charge in [-0.3, -0.25) is 9.59 Å². The minimum Gasteiger partial charge on any atom is -0.462 e. The largest absolute Gasteiger partial charge is 0.462 e. The molecule has 0 radical (unpaired) electrons. The molecule has 2 aliphatic heterocycles. The Kier molecular flexibility index (Phi) is 7.87. The minimum absolute atomic E-state index is 0.0710. The van der Waals surface area contributed by atoms with E-state index in [1.54, 1.807) is 32.0 Å². The predicted octanol–water partition coefficient (Wildman–Crippen LogP) is 4.12. The van der Waals surface area contributed by atoms with Gasteiger partial charge < -0.3 is 20.3 Å². The number of carbonyl (C=O) groups excluding carboxylic acids is 3. The van der Waals surface area contributed by atoms with E-state index in [1.807, 2.05) is 35.2 Å². The molecule has 2 aliphatic rings. The van der Waals surface area contributed by atoms with Crippen LogP contribution >= 0.6 is 11.8 Å². The Balaban J connectivity index is 1.60. The summed E-state index contributed by atoms with van der Waals surface area (Å²) < 4.78 is 5.25. The first-order valence-electron chi connectivity index (χ1n) is 11.6. The lowest BCUT2D eigenvalue weighted by molar-refractivity contribution is -0.138. The van der Waals surface area contributed by atoms with Gasteiger partial charge in [-0.15, -0.1) is 11.8 Å². The molecule has 0 atom stereocenters. The number of rotatable bonds is 6. The van der Waals surface area contributed by atoms with Crippen molar-refractivity contribution in [2.45, 2.75) is 31.6 Å². The zero-order valence-electron chi connectivity index (χ0n) is 19.8. The number of ether oxygens (including phenoxy) is 1. The van der Waals surface area contributed by atoms with Crippen molar-refractivity contribution in [2.24, 2.45) is 4.99 Å². The molecule has 35 heavy (non-hydrogen) atoms. The molecular formula is C26H28N4O4S. The molecule has 0 spiro atoms. The maximum absolute atomic E-state index is 13.4. The van der Waals surface area contributed by atoms with E-state index >= 15 is 0 Å². The standard InChI is InChI=1S/C26H28N4O4S/c1-3-34-26(33)23-17(2)27-19-11-5-6-12-20(19)28-24(23)29-25(32)18-10-4-7-13-21(18)35-16-22(31)30-14-8-9-15-30/h4-7,10-13,27H,3,8-9,14-16H2,1-2H3,(H,28,29,32). The SMILES string of the molecule is CCOC(=O)C1=C(C)Nc2ccccc2N=C1NC(=O)c1ccccc1SCC(=O)N1CCCC1. The van der Waals surface area contributed by atoms with Crippen molar-refractivity contribution in [3.8, 4) is 0 Å². The fourth-order valence-electron chi connectivity index (χ4n) is 3.99. The van der Waals surface area contributed by atoms with Crippen molar-refractivity contribution < 1.29 is 19.1 Å². The molecule has 2 heterocycles. The average Bonchev–Trinajstić information content (AvgIpc) is 3.35. The maximum atomic E-state index is 13.4. The molecule has 2 N–H and O–H groups in total. The van der Waals surface area contributed by atoms with Crippen molar-refractivity contribution in [2.75, 3.05) is 30.8 Å². The smallest absolute Gasteiger partial charge is 0.343 e. The predicted molar refractivity (Wildman–Crippen MR) is 137 cm³/mol. The van der Waals surface area contributed by atoms with Crippen LogP contribution in [0.1, 0.15) is 37.0 Å². The molecule has 0 unspecified atom stereocenters. The van der Waals surface area contributed by atoms with Crippen LogP contribution in [-0.4, -0.2) is 54.0 Å². The number of hydrogen-bond acceptors (Lipinski definition) is 7. The highest BCUT2D eigenvalue weighted by atomic mass is 32.2. The summed E-state index contributed by atoms with van der Waals surface area (Å²) in [6, 6.07) is 14.4. The Morgan fingerprint density at radius 1 is 1.09 bits per heavy atom. The number of fused-ring (bicyclic) bond motifs is 1. The van der Waals surface area contributed by atoms with E-state index in [0.29, 0.717) is 27.5 Å². The van der Waals surface area contributed by atoms with Gasteiger partial charge in [0.1, 0.15) is 11.4 Å². The summed E-state index contributed by atoms with van der Waals surface area (Å²) in [5.41, 5.74) is 2.38. The minimum atomic E-state index is -0.580. The number of benzene rings is 2. The quantitative estimate of drug-likeness (QED) is 0.465. The average molecular weight is 493 g/mol. The van der Waals surface area contributed by atoms with E-state index < -0.39 is 11.9 Å². The molecule has 9 heteroatoms. The number of aliphatic imine (C=N–C) groups is 1. The summed E-state index contributed by atoms with van der Waals surface area (Å²) in [4.78, 5) is 45.9. The van der Waals surface area contributed by atoms with Gasteiger partial charge in [-0.1, -0.05) is 24.3 Å². The van der Waals surface area contributed by atoms with Crippen LogP contribution in [0.4, 0.5) is 11.4 Å². The number of para-hydroxylation sites is 2. The lowest BCUT2D eigenvalue weighted by Gasteiger charge is -2.16. The molecule has 0 aromatic heterocycles. The highest BCUT2D eigenvalue weighted by molar-refractivity contribution is 8.00. The zero-order valence-corrected chi connectivity index (χ0v) is 20.6. The molecule has 182 valence electrons. The van der Waals surface area contributed by atoms with E-state index in [2.05, 4.69) is 15.6 Å². The second-order valence-electron chi connectivity index (χ2n) is 8.15. The lowest BCUT2D eigenvalue weighted by Crippen LogP contribution is -2.35.